The molecule has 37 heavy (non-hydrogen) atoms. The first-order chi connectivity index (χ1) is 17.9. The van der Waals surface area contributed by atoms with E-state index in [9.17, 15) is 9.59 Å². The Morgan fingerprint density at radius 1 is 1.11 bits per heavy atom. The molecule has 196 valence electrons. The molecule has 1 aromatic carbocycles. The lowest BCUT2D eigenvalue weighted by Crippen LogP contribution is -2.52. The summed E-state index contributed by atoms with van der Waals surface area (Å²) >= 11 is 0. The number of pyridine rings is 1. The van der Waals surface area contributed by atoms with E-state index in [2.05, 4.69) is 29.3 Å². The number of likely N-dealkylation sites (tertiary alicyclic amines) is 1. The average molecular weight is 502 g/mol. The highest BCUT2D eigenvalue weighted by molar-refractivity contribution is 6.08. The maximum absolute atomic E-state index is 14.2. The smallest absolute Gasteiger partial charge is 0.335 e. The fourth-order valence-corrected chi connectivity index (χ4v) is 6.13. The number of nitrogens with zero attached hydrogens (tertiary/aromatic N) is 4. The maximum atomic E-state index is 14.2. The summed E-state index contributed by atoms with van der Waals surface area (Å²) in [5.41, 5.74) is 4.97. The summed E-state index contributed by atoms with van der Waals surface area (Å²) in [6.07, 6.45) is 10.3. The van der Waals surface area contributed by atoms with E-state index >= 15 is 0 Å². The van der Waals surface area contributed by atoms with Gasteiger partial charge in [-0.25, -0.2) is 14.7 Å². The van der Waals surface area contributed by atoms with Gasteiger partial charge in [-0.1, -0.05) is 25.1 Å². The van der Waals surface area contributed by atoms with Crippen LogP contribution in [0.4, 0.5) is 16.3 Å². The lowest BCUT2D eigenvalue weighted by Gasteiger charge is -2.44. The van der Waals surface area contributed by atoms with Crippen molar-refractivity contribution in [2.45, 2.75) is 83.8 Å². The van der Waals surface area contributed by atoms with Crippen molar-refractivity contribution in [3.63, 3.8) is 0 Å². The highest BCUT2D eigenvalue weighted by Gasteiger charge is 2.41. The standard InChI is InChI=1S/C30H39N5O2/c1-5-8-26-25-18-21(3)19-31-28(25)35(24-10-6-9-20(2)17-24)30(37)34(26)23-14-12-22(13-15-23)32-29(36)27-11-7-16-33(27)4/h6,8-10,17-19,22-23,27H,5,7,11-16H2,1-4H3,(H,32,36). The van der Waals surface area contributed by atoms with Gasteiger partial charge in [0.25, 0.3) is 0 Å². The molecule has 1 unspecified atom stereocenters. The number of amides is 3. The molecule has 3 amide bonds. The zero-order chi connectivity index (χ0) is 26.1. The number of anilines is 2. The quantitative estimate of drug-likeness (QED) is 0.584. The number of aryl methyl sites for hydroxylation is 2. The zero-order valence-corrected chi connectivity index (χ0v) is 22.5. The second kappa shape index (κ2) is 10.7. The number of nitrogens with one attached hydrogen (secondary N) is 1. The fourth-order valence-electron chi connectivity index (χ4n) is 6.13. The van der Waals surface area contributed by atoms with Crippen LogP contribution in [0.25, 0.3) is 5.70 Å². The van der Waals surface area contributed by atoms with E-state index in [-0.39, 0.29) is 30.1 Å². The number of allylic oxidation sites excluding steroid dienone is 1. The molecule has 0 bridgehead atoms. The number of aromatic nitrogens is 1. The monoisotopic (exact) mass is 501 g/mol. The van der Waals surface area contributed by atoms with E-state index in [1.807, 2.05) is 56.3 Å². The van der Waals surface area contributed by atoms with Gasteiger partial charge in [0.15, 0.2) is 5.82 Å². The Morgan fingerprint density at radius 2 is 1.89 bits per heavy atom. The number of rotatable bonds is 5. The summed E-state index contributed by atoms with van der Waals surface area (Å²) in [4.78, 5) is 37.8. The Kier molecular flexibility index (Phi) is 7.33. The summed E-state index contributed by atoms with van der Waals surface area (Å²) in [7, 11) is 2.03. The second-order valence-electron chi connectivity index (χ2n) is 10.9. The molecule has 3 aliphatic rings. The molecule has 7 heteroatoms. The van der Waals surface area contributed by atoms with Crippen LogP contribution in [0.3, 0.4) is 0 Å². The molecule has 7 nitrogen and oxygen atoms in total. The van der Waals surface area contributed by atoms with E-state index in [1.165, 1.54) is 0 Å². The summed E-state index contributed by atoms with van der Waals surface area (Å²) in [5, 5.41) is 3.31. The minimum atomic E-state index is -0.0470. The molecule has 1 aliphatic carbocycles. The molecular weight excluding hydrogens is 462 g/mol. The van der Waals surface area contributed by atoms with Gasteiger partial charge >= 0.3 is 6.03 Å². The Bertz CT molecular complexity index is 1200. The van der Waals surface area contributed by atoms with Gasteiger partial charge in [0.05, 0.1) is 17.4 Å². The van der Waals surface area contributed by atoms with Crippen LogP contribution in [0.1, 0.15) is 68.6 Å². The Hall–Kier alpha value is -3.19. The van der Waals surface area contributed by atoms with Crippen LogP contribution in [-0.4, -0.2) is 58.4 Å². The van der Waals surface area contributed by atoms with Crippen LogP contribution in [0.15, 0.2) is 42.6 Å². The van der Waals surface area contributed by atoms with Gasteiger partial charge in [-0.3, -0.25) is 14.6 Å². The van der Waals surface area contributed by atoms with Crippen molar-refractivity contribution in [2.24, 2.45) is 0 Å². The summed E-state index contributed by atoms with van der Waals surface area (Å²) in [5.74, 6) is 0.851. The number of carbonyl (C=O) groups is 2. The number of likely N-dealkylation sites (N-methyl/N-ethyl adjacent to an activating group) is 1. The number of benzene rings is 1. The van der Waals surface area contributed by atoms with Crippen molar-refractivity contribution >= 4 is 29.1 Å². The van der Waals surface area contributed by atoms with Crippen LogP contribution < -0.4 is 10.2 Å². The van der Waals surface area contributed by atoms with E-state index in [1.54, 1.807) is 4.90 Å². The van der Waals surface area contributed by atoms with Crippen LogP contribution >= 0.6 is 0 Å². The van der Waals surface area contributed by atoms with Crippen molar-refractivity contribution in [1.82, 2.24) is 20.1 Å². The molecular formula is C30H39N5O2. The van der Waals surface area contributed by atoms with Crippen molar-refractivity contribution in [3.05, 3.63) is 59.3 Å². The largest absolute Gasteiger partial charge is 0.352 e. The van der Waals surface area contributed by atoms with Crippen LogP contribution in [-0.2, 0) is 4.79 Å². The highest BCUT2D eigenvalue weighted by Crippen LogP contribution is 2.42. The third kappa shape index (κ3) is 5.01. The molecule has 2 aliphatic heterocycles. The SMILES string of the molecule is CCC=C1c2cc(C)cnc2N(c2cccc(C)c2)C(=O)N1C1CCC(NC(=O)C2CCCN2C)CC1. The first-order valence-electron chi connectivity index (χ1n) is 13.7. The van der Waals surface area contributed by atoms with Gasteiger partial charge in [-0.2, -0.15) is 0 Å². The molecule has 1 N–H and O–H groups in total. The van der Waals surface area contributed by atoms with Crippen molar-refractivity contribution in [2.75, 3.05) is 18.5 Å². The number of urea groups is 1. The molecule has 2 aromatic rings. The highest BCUT2D eigenvalue weighted by atomic mass is 16.2. The van der Waals surface area contributed by atoms with Crippen LogP contribution in [0.2, 0.25) is 0 Å². The van der Waals surface area contributed by atoms with Gasteiger partial charge in [0.2, 0.25) is 5.91 Å². The zero-order valence-electron chi connectivity index (χ0n) is 22.5. The predicted molar refractivity (Wildman–Crippen MR) is 148 cm³/mol. The molecule has 1 aromatic heterocycles. The van der Waals surface area contributed by atoms with Crippen molar-refractivity contribution < 1.29 is 9.59 Å². The molecule has 1 atom stereocenters. The summed E-state index contributed by atoms with van der Waals surface area (Å²) in [6.45, 7) is 7.18. The molecule has 5 rings (SSSR count). The minimum Gasteiger partial charge on any atom is -0.352 e. The maximum Gasteiger partial charge on any atom is 0.335 e. The Labute approximate surface area is 220 Å². The van der Waals surface area contributed by atoms with Gasteiger partial charge in [0, 0.05) is 23.8 Å². The summed E-state index contributed by atoms with van der Waals surface area (Å²) in [6, 6.07) is 10.4. The van der Waals surface area contributed by atoms with Gasteiger partial charge in [-0.05, 0) is 102 Å². The molecule has 1 saturated heterocycles. The number of carbonyl (C=O) groups excluding carboxylic acids is 2. The van der Waals surface area contributed by atoms with Crippen molar-refractivity contribution in [3.8, 4) is 0 Å². The molecule has 3 heterocycles. The molecule has 0 radical (unpaired) electrons. The van der Waals surface area contributed by atoms with E-state index in [0.717, 1.165) is 79.6 Å². The molecule has 2 fully saturated rings. The number of fused-ring (bicyclic) bond motifs is 1. The topological polar surface area (TPSA) is 68.8 Å². The number of hydrogen-bond acceptors (Lipinski definition) is 4. The number of hydrogen-bond donors (Lipinski definition) is 1. The molecule has 0 spiro atoms. The van der Waals surface area contributed by atoms with Gasteiger partial charge in [-0.15, -0.1) is 0 Å². The van der Waals surface area contributed by atoms with E-state index in [4.69, 9.17) is 4.98 Å². The lowest BCUT2D eigenvalue weighted by atomic mass is 9.88. The van der Waals surface area contributed by atoms with Gasteiger partial charge in [0.1, 0.15) is 0 Å². The van der Waals surface area contributed by atoms with Crippen LogP contribution in [0, 0.1) is 13.8 Å². The van der Waals surface area contributed by atoms with Crippen LogP contribution in [0.5, 0.6) is 0 Å². The third-order valence-electron chi connectivity index (χ3n) is 8.04. The third-order valence-corrected chi connectivity index (χ3v) is 8.04. The first kappa shape index (κ1) is 25.5. The Balaban J connectivity index is 1.41. The van der Waals surface area contributed by atoms with E-state index in [0.29, 0.717) is 5.82 Å². The molecule has 1 saturated carbocycles. The predicted octanol–water partition coefficient (Wildman–Crippen LogP) is 5.54. The fraction of sp³-hybridized carbons (Fsp3) is 0.500. The van der Waals surface area contributed by atoms with Crippen molar-refractivity contribution in [1.29, 1.82) is 0 Å². The Morgan fingerprint density at radius 3 is 2.57 bits per heavy atom. The normalized spacial score (nSPS) is 25.5. The second-order valence-corrected chi connectivity index (χ2v) is 10.9. The average Bonchev–Trinajstić information content (AvgIpc) is 3.31. The van der Waals surface area contributed by atoms with E-state index < -0.39 is 0 Å². The van der Waals surface area contributed by atoms with Gasteiger partial charge < -0.3 is 5.32 Å². The lowest BCUT2D eigenvalue weighted by molar-refractivity contribution is -0.126. The minimum absolute atomic E-state index is 0.00406. The summed E-state index contributed by atoms with van der Waals surface area (Å²) < 4.78 is 0. The first-order valence-corrected chi connectivity index (χ1v) is 13.7.